The number of morpholine rings is 1. The third-order valence-corrected chi connectivity index (χ3v) is 4.80. The first kappa shape index (κ1) is 14.1. The van der Waals surface area contributed by atoms with E-state index in [0.717, 1.165) is 45.2 Å². The van der Waals surface area contributed by atoms with Gasteiger partial charge in [0.15, 0.2) is 0 Å². The molecular formula is C16H26N2O2. The Morgan fingerprint density at radius 2 is 1.95 bits per heavy atom. The fourth-order valence-corrected chi connectivity index (χ4v) is 3.68. The zero-order valence-corrected chi connectivity index (χ0v) is 12.3. The highest BCUT2D eigenvalue weighted by atomic mass is 16.5. The van der Waals surface area contributed by atoms with Gasteiger partial charge < -0.3 is 14.5 Å². The Morgan fingerprint density at radius 3 is 2.65 bits per heavy atom. The van der Waals surface area contributed by atoms with Crippen LogP contribution in [0.3, 0.4) is 0 Å². The van der Waals surface area contributed by atoms with Crippen LogP contribution in [0.5, 0.6) is 0 Å². The second kappa shape index (κ2) is 6.74. The molecule has 0 spiro atoms. The summed E-state index contributed by atoms with van der Waals surface area (Å²) in [5, 5.41) is 3.62. The molecule has 1 aliphatic carbocycles. The zero-order valence-electron chi connectivity index (χ0n) is 12.3. The lowest BCUT2D eigenvalue weighted by Gasteiger charge is -2.48. The molecule has 0 radical (unpaired) electrons. The minimum Gasteiger partial charge on any atom is -0.468 e. The van der Waals surface area contributed by atoms with Gasteiger partial charge in [0.05, 0.1) is 26.0 Å². The average Bonchev–Trinajstić information content (AvgIpc) is 3.02. The Morgan fingerprint density at radius 1 is 1.15 bits per heavy atom. The van der Waals surface area contributed by atoms with Gasteiger partial charge in [-0.1, -0.05) is 19.3 Å². The minimum absolute atomic E-state index is 0.342. The quantitative estimate of drug-likeness (QED) is 0.897. The summed E-state index contributed by atoms with van der Waals surface area (Å²) in [5.74, 6) is 1.03. The maximum absolute atomic E-state index is 5.52. The highest BCUT2D eigenvalue weighted by molar-refractivity contribution is 5.00. The second-order valence-corrected chi connectivity index (χ2v) is 6.07. The summed E-state index contributed by atoms with van der Waals surface area (Å²) in [7, 11) is 0. The van der Waals surface area contributed by atoms with Crippen molar-refractivity contribution < 1.29 is 9.15 Å². The summed E-state index contributed by atoms with van der Waals surface area (Å²) >= 11 is 0. The number of nitrogens with one attached hydrogen (secondary N) is 1. The number of hydrogen-bond donors (Lipinski definition) is 1. The fourth-order valence-electron chi connectivity index (χ4n) is 3.68. The molecule has 1 saturated heterocycles. The first-order chi connectivity index (χ1) is 9.89. The SMILES string of the molecule is c1coc(CNCC2(N3CCOCC3)CCCCC2)c1. The normalized spacial score (nSPS) is 23.8. The summed E-state index contributed by atoms with van der Waals surface area (Å²) in [5.41, 5.74) is 0.342. The molecule has 1 saturated carbocycles. The molecule has 1 aliphatic heterocycles. The van der Waals surface area contributed by atoms with Crippen LogP contribution in [0.2, 0.25) is 0 Å². The molecule has 112 valence electrons. The van der Waals surface area contributed by atoms with Gasteiger partial charge in [0.1, 0.15) is 5.76 Å². The minimum atomic E-state index is 0.342. The van der Waals surface area contributed by atoms with Crippen LogP contribution in [-0.4, -0.2) is 43.3 Å². The van der Waals surface area contributed by atoms with E-state index in [9.17, 15) is 0 Å². The molecule has 0 unspecified atom stereocenters. The molecule has 20 heavy (non-hydrogen) atoms. The van der Waals surface area contributed by atoms with E-state index in [2.05, 4.69) is 10.2 Å². The molecular weight excluding hydrogens is 252 g/mol. The molecule has 0 atom stereocenters. The van der Waals surface area contributed by atoms with Gasteiger partial charge >= 0.3 is 0 Å². The van der Waals surface area contributed by atoms with Gasteiger partial charge in [-0.15, -0.1) is 0 Å². The number of furan rings is 1. The first-order valence-electron chi connectivity index (χ1n) is 7.95. The molecule has 0 aromatic carbocycles. The van der Waals surface area contributed by atoms with Gasteiger partial charge in [-0.3, -0.25) is 4.90 Å². The van der Waals surface area contributed by atoms with Crippen LogP contribution in [-0.2, 0) is 11.3 Å². The third kappa shape index (κ3) is 3.25. The van der Waals surface area contributed by atoms with Crippen molar-refractivity contribution in [3.63, 3.8) is 0 Å². The Balaban J connectivity index is 1.59. The van der Waals surface area contributed by atoms with E-state index in [4.69, 9.17) is 9.15 Å². The van der Waals surface area contributed by atoms with Crippen molar-refractivity contribution in [2.24, 2.45) is 0 Å². The molecule has 0 bridgehead atoms. The molecule has 0 amide bonds. The van der Waals surface area contributed by atoms with Gasteiger partial charge in [-0.2, -0.15) is 0 Å². The largest absolute Gasteiger partial charge is 0.468 e. The third-order valence-electron chi connectivity index (χ3n) is 4.80. The van der Waals surface area contributed by atoms with Crippen molar-refractivity contribution in [2.75, 3.05) is 32.8 Å². The Labute approximate surface area is 121 Å². The van der Waals surface area contributed by atoms with E-state index in [1.165, 1.54) is 32.1 Å². The fraction of sp³-hybridized carbons (Fsp3) is 0.750. The Hall–Kier alpha value is -0.840. The van der Waals surface area contributed by atoms with Crippen molar-refractivity contribution in [1.29, 1.82) is 0 Å². The number of ether oxygens (including phenoxy) is 1. The standard InChI is InChI=1S/C16H26N2O2/c1-2-6-16(7-3-1,18-8-11-19-12-9-18)14-17-13-15-5-4-10-20-15/h4-5,10,17H,1-3,6-9,11-14H2. The molecule has 2 aliphatic rings. The van der Waals surface area contributed by atoms with Gasteiger partial charge in [-0.05, 0) is 25.0 Å². The van der Waals surface area contributed by atoms with Crippen molar-refractivity contribution in [3.8, 4) is 0 Å². The van der Waals surface area contributed by atoms with Gasteiger partial charge in [0, 0.05) is 25.2 Å². The second-order valence-electron chi connectivity index (χ2n) is 6.07. The summed E-state index contributed by atoms with van der Waals surface area (Å²) in [4.78, 5) is 2.67. The van der Waals surface area contributed by atoms with Crippen LogP contribution >= 0.6 is 0 Å². The van der Waals surface area contributed by atoms with Crippen LogP contribution in [0, 0.1) is 0 Å². The number of nitrogens with zero attached hydrogens (tertiary/aromatic N) is 1. The molecule has 1 aromatic rings. The molecule has 4 nitrogen and oxygen atoms in total. The van der Waals surface area contributed by atoms with E-state index >= 15 is 0 Å². The van der Waals surface area contributed by atoms with Crippen molar-refractivity contribution in [2.45, 2.75) is 44.2 Å². The topological polar surface area (TPSA) is 37.6 Å². The smallest absolute Gasteiger partial charge is 0.117 e. The summed E-state index contributed by atoms with van der Waals surface area (Å²) < 4.78 is 10.9. The van der Waals surface area contributed by atoms with Crippen LogP contribution in [0.15, 0.2) is 22.8 Å². The predicted molar refractivity (Wildman–Crippen MR) is 78.6 cm³/mol. The monoisotopic (exact) mass is 278 g/mol. The van der Waals surface area contributed by atoms with Crippen molar-refractivity contribution in [1.82, 2.24) is 10.2 Å². The van der Waals surface area contributed by atoms with Crippen LogP contribution < -0.4 is 5.32 Å². The maximum Gasteiger partial charge on any atom is 0.117 e. The Bertz CT molecular complexity index is 379. The van der Waals surface area contributed by atoms with Gasteiger partial charge in [-0.25, -0.2) is 0 Å². The first-order valence-corrected chi connectivity index (χ1v) is 7.95. The highest BCUT2D eigenvalue weighted by Crippen LogP contribution is 2.33. The molecule has 2 heterocycles. The average molecular weight is 278 g/mol. The van der Waals surface area contributed by atoms with Crippen LogP contribution in [0.25, 0.3) is 0 Å². The number of hydrogen-bond acceptors (Lipinski definition) is 4. The molecule has 1 N–H and O–H groups in total. The maximum atomic E-state index is 5.52. The van der Waals surface area contributed by atoms with Crippen LogP contribution in [0.1, 0.15) is 37.9 Å². The van der Waals surface area contributed by atoms with E-state index in [1.807, 2.05) is 12.1 Å². The van der Waals surface area contributed by atoms with Gasteiger partial charge in [0.25, 0.3) is 0 Å². The van der Waals surface area contributed by atoms with E-state index in [1.54, 1.807) is 6.26 Å². The number of rotatable bonds is 5. The molecule has 3 rings (SSSR count). The summed E-state index contributed by atoms with van der Waals surface area (Å²) in [6.07, 6.45) is 8.50. The molecule has 1 aromatic heterocycles. The summed E-state index contributed by atoms with van der Waals surface area (Å²) in [6, 6.07) is 3.99. The van der Waals surface area contributed by atoms with E-state index < -0.39 is 0 Å². The van der Waals surface area contributed by atoms with Crippen molar-refractivity contribution in [3.05, 3.63) is 24.2 Å². The Kier molecular flexibility index (Phi) is 4.76. The molecule has 4 heteroatoms. The van der Waals surface area contributed by atoms with Crippen LogP contribution in [0.4, 0.5) is 0 Å². The van der Waals surface area contributed by atoms with Gasteiger partial charge in [0.2, 0.25) is 0 Å². The lowest BCUT2D eigenvalue weighted by molar-refractivity contribution is -0.0370. The lowest BCUT2D eigenvalue weighted by atomic mass is 9.79. The van der Waals surface area contributed by atoms with E-state index in [0.29, 0.717) is 5.54 Å². The zero-order chi connectivity index (χ0) is 13.7. The van der Waals surface area contributed by atoms with Crippen molar-refractivity contribution >= 4 is 0 Å². The summed E-state index contributed by atoms with van der Waals surface area (Å²) in [6.45, 7) is 5.84. The highest BCUT2D eigenvalue weighted by Gasteiger charge is 2.38. The van der Waals surface area contributed by atoms with E-state index in [-0.39, 0.29) is 0 Å². The predicted octanol–water partition coefficient (Wildman–Crippen LogP) is 2.40. The lowest BCUT2D eigenvalue weighted by Crippen LogP contribution is -2.59. The molecule has 2 fully saturated rings.